The summed E-state index contributed by atoms with van der Waals surface area (Å²) in [6, 6.07) is 2.74. The number of rotatable bonds is 4. The Labute approximate surface area is 112 Å². The maximum atomic E-state index is 13.6. The third-order valence-electron chi connectivity index (χ3n) is 2.36. The molecule has 0 aliphatic carbocycles. The summed E-state index contributed by atoms with van der Waals surface area (Å²) in [6.45, 7) is 0.0443. The number of carboxylic acid groups (broad SMARTS) is 1. The maximum absolute atomic E-state index is 13.6. The zero-order valence-electron chi connectivity index (χ0n) is 10.1. The molecule has 0 saturated carbocycles. The Morgan fingerprint density at radius 2 is 2.20 bits per heavy atom. The highest BCUT2D eigenvalue weighted by molar-refractivity contribution is 6.00. The van der Waals surface area contributed by atoms with E-state index in [4.69, 9.17) is 5.11 Å². The standard InChI is InChI=1S/C11H10FN5O3/c12-7-3-1-2-6(10(18)19)9(7)16-11(20)13-4-8-14-5-15-17-8/h1-3,5H,4H2,(H,18,19)(H2,13,16,20)(H,14,15,17). The lowest BCUT2D eigenvalue weighted by molar-refractivity contribution is 0.0697. The molecule has 0 aliphatic rings. The molecule has 0 spiro atoms. The first-order valence-electron chi connectivity index (χ1n) is 5.49. The van der Waals surface area contributed by atoms with Crippen LogP contribution in [0.5, 0.6) is 0 Å². The van der Waals surface area contributed by atoms with Crippen molar-refractivity contribution in [3.8, 4) is 0 Å². The molecule has 4 N–H and O–H groups in total. The predicted molar refractivity (Wildman–Crippen MR) is 65.6 cm³/mol. The molecular weight excluding hydrogens is 269 g/mol. The van der Waals surface area contributed by atoms with Crippen molar-refractivity contribution in [1.29, 1.82) is 0 Å². The third kappa shape index (κ3) is 3.07. The molecule has 104 valence electrons. The third-order valence-corrected chi connectivity index (χ3v) is 2.36. The normalized spacial score (nSPS) is 10.1. The van der Waals surface area contributed by atoms with Gasteiger partial charge < -0.3 is 15.7 Å². The number of carbonyl (C=O) groups excluding carboxylic acids is 1. The van der Waals surface area contributed by atoms with E-state index in [0.29, 0.717) is 5.82 Å². The van der Waals surface area contributed by atoms with Crippen molar-refractivity contribution in [1.82, 2.24) is 20.5 Å². The number of carbonyl (C=O) groups is 2. The molecular formula is C11H10FN5O3. The van der Waals surface area contributed by atoms with Crippen LogP contribution in [0.15, 0.2) is 24.5 Å². The molecule has 0 saturated heterocycles. The first kappa shape index (κ1) is 13.5. The molecule has 1 aromatic carbocycles. The topological polar surface area (TPSA) is 120 Å². The van der Waals surface area contributed by atoms with Gasteiger partial charge in [0.05, 0.1) is 17.8 Å². The molecule has 0 bridgehead atoms. The number of aromatic nitrogens is 3. The Morgan fingerprint density at radius 3 is 2.85 bits per heavy atom. The van der Waals surface area contributed by atoms with Crippen LogP contribution in [0.1, 0.15) is 16.2 Å². The predicted octanol–water partition coefficient (Wildman–Crippen LogP) is 0.964. The van der Waals surface area contributed by atoms with E-state index < -0.39 is 23.5 Å². The van der Waals surface area contributed by atoms with E-state index in [1.54, 1.807) is 0 Å². The van der Waals surface area contributed by atoms with E-state index in [0.717, 1.165) is 6.07 Å². The minimum absolute atomic E-state index is 0.0443. The second kappa shape index (κ2) is 5.78. The lowest BCUT2D eigenvalue weighted by Crippen LogP contribution is -2.29. The van der Waals surface area contributed by atoms with E-state index in [1.807, 2.05) is 0 Å². The van der Waals surface area contributed by atoms with Crippen LogP contribution in [0.4, 0.5) is 14.9 Å². The summed E-state index contributed by atoms with van der Waals surface area (Å²) in [4.78, 5) is 26.3. The van der Waals surface area contributed by atoms with Gasteiger partial charge in [0.15, 0.2) is 0 Å². The fourth-order valence-corrected chi connectivity index (χ4v) is 1.47. The number of aromatic carboxylic acids is 1. The number of hydrogen-bond donors (Lipinski definition) is 4. The summed E-state index contributed by atoms with van der Waals surface area (Å²) in [6.07, 6.45) is 1.27. The van der Waals surface area contributed by atoms with Gasteiger partial charge in [-0.1, -0.05) is 6.07 Å². The summed E-state index contributed by atoms with van der Waals surface area (Å²) in [5.41, 5.74) is -0.727. The van der Waals surface area contributed by atoms with Crippen LogP contribution >= 0.6 is 0 Å². The highest BCUT2D eigenvalue weighted by Gasteiger charge is 2.16. The zero-order valence-corrected chi connectivity index (χ0v) is 10.1. The van der Waals surface area contributed by atoms with Crippen molar-refractivity contribution < 1.29 is 19.1 Å². The van der Waals surface area contributed by atoms with Crippen molar-refractivity contribution in [2.45, 2.75) is 6.54 Å². The smallest absolute Gasteiger partial charge is 0.337 e. The largest absolute Gasteiger partial charge is 0.478 e. The molecule has 2 amide bonds. The fraction of sp³-hybridized carbons (Fsp3) is 0.0909. The van der Waals surface area contributed by atoms with Crippen molar-refractivity contribution >= 4 is 17.7 Å². The monoisotopic (exact) mass is 279 g/mol. The van der Waals surface area contributed by atoms with Crippen LogP contribution in [0.3, 0.4) is 0 Å². The summed E-state index contributed by atoms with van der Waals surface area (Å²) in [5, 5.41) is 19.6. The SMILES string of the molecule is O=C(NCc1ncn[nH]1)Nc1c(F)cccc1C(=O)O. The van der Waals surface area contributed by atoms with E-state index >= 15 is 0 Å². The van der Waals surface area contributed by atoms with Crippen LogP contribution < -0.4 is 10.6 Å². The van der Waals surface area contributed by atoms with E-state index in [1.165, 1.54) is 18.5 Å². The fourth-order valence-electron chi connectivity index (χ4n) is 1.47. The van der Waals surface area contributed by atoms with Crippen LogP contribution in [0.25, 0.3) is 0 Å². The van der Waals surface area contributed by atoms with E-state index in [-0.39, 0.29) is 12.1 Å². The van der Waals surface area contributed by atoms with Gasteiger partial charge in [0.1, 0.15) is 18.0 Å². The van der Waals surface area contributed by atoms with Gasteiger partial charge >= 0.3 is 12.0 Å². The van der Waals surface area contributed by atoms with Crippen LogP contribution in [-0.4, -0.2) is 32.3 Å². The summed E-state index contributed by atoms with van der Waals surface area (Å²) in [7, 11) is 0. The molecule has 20 heavy (non-hydrogen) atoms. The number of para-hydroxylation sites is 1. The van der Waals surface area contributed by atoms with Gasteiger partial charge in [0, 0.05) is 0 Å². The summed E-state index contributed by atoms with van der Waals surface area (Å²) < 4.78 is 13.6. The number of aromatic amines is 1. The highest BCUT2D eigenvalue weighted by atomic mass is 19.1. The van der Waals surface area contributed by atoms with Gasteiger partial charge in [0.2, 0.25) is 0 Å². The molecule has 0 atom stereocenters. The molecule has 1 heterocycles. The Balaban J connectivity index is 2.06. The Hall–Kier alpha value is -2.97. The van der Waals surface area contributed by atoms with Crippen molar-refractivity contribution in [3.05, 3.63) is 41.7 Å². The minimum atomic E-state index is -1.34. The quantitative estimate of drug-likeness (QED) is 0.664. The Kier molecular flexibility index (Phi) is 3.89. The van der Waals surface area contributed by atoms with Crippen molar-refractivity contribution in [3.63, 3.8) is 0 Å². The van der Waals surface area contributed by atoms with Crippen molar-refractivity contribution in [2.75, 3.05) is 5.32 Å². The molecule has 0 unspecified atom stereocenters. The lowest BCUT2D eigenvalue weighted by Gasteiger charge is -2.10. The molecule has 2 aromatic rings. The molecule has 9 heteroatoms. The number of benzene rings is 1. The number of urea groups is 1. The highest BCUT2D eigenvalue weighted by Crippen LogP contribution is 2.19. The van der Waals surface area contributed by atoms with Gasteiger partial charge in [-0.2, -0.15) is 5.10 Å². The second-order valence-electron chi connectivity index (χ2n) is 3.71. The van der Waals surface area contributed by atoms with Gasteiger partial charge in [-0.15, -0.1) is 0 Å². The minimum Gasteiger partial charge on any atom is -0.478 e. The first-order valence-corrected chi connectivity index (χ1v) is 5.49. The number of halogens is 1. The molecule has 8 nitrogen and oxygen atoms in total. The lowest BCUT2D eigenvalue weighted by atomic mass is 10.1. The van der Waals surface area contributed by atoms with Gasteiger partial charge in [-0.3, -0.25) is 5.10 Å². The van der Waals surface area contributed by atoms with E-state index in [9.17, 15) is 14.0 Å². The number of carboxylic acids is 1. The molecule has 0 aliphatic heterocycles. The Bertz CT molecular complexity index is 629. The molecule has 1 aromatic heterocycles. The maximum Gasteiger partial charge on any atom is 0.337 e. The van der Waals surface area contributed by atoms with Crippen LogP contribution in [-0.2, 0) is 6.54 Å². The van der Waals surface area contributed by atoms with Gasteiger partial charge in [-0.25, -0.2) is 19.0 Å². The van der Waals surface area contributed by atoms with Gasteiger partial charge in [0.25, 0.3) is 0 Å². The van der Waals surface area contributed by atoms with Crippen LogP contribution in [0, 0.1) is 5.82 Å². The summed E-state index contributed by atoms with van der Waals surface area (Å²) >= 11 is 0. The number of amides is 2. The van der Waals surface area contributed by atoms with E-state index in [2.05, 4.69) is 25.8 Å². The second-order valence-corrected chi connectivity index (χ2v) is 3.71. The zero-order chi connectivity index (χ0) is 14.5. The number of nitrogens with zero attached hydrogens (tertiary/aromatic N) is 2. The number of nitrogens with one attached hydrogen (secondary N) is 3. The van der Waals surface area contributed by atoms with Crippen molar-refractivity contribution in [2.24, 2.45) is 0 Å². The molecule has 0 radical (unpaired) electrons. The average Bonchev–Trinajstić information content (AvgIpc) is 2.91. The van der Waals surface area contributed by atoms with Gasteiger partial charge in [-0.05, 0) is 12.1 Å². The molecule has 2 rings (SSSR count). The molecule has 0 fully saturated rings. The number of anilines is 1. The number of H-pyrrole nitrogens is 1. The summed E-state index contributed by atoms with van der Waals surface area (Å²) in [5.74, 6) is -1.76. The first-order chi connectivity index (χ1) is 9.58. The average molecular weight is 279 g/mol. The van der Waals surface area contributed by atoms with Crippen LogP contribution in [0.2, 0.25) is 0 Å². The Morgan fingerprint density at radius 1 is 1.40 bits per heavy atom. The number of hydrogen-bond acceptors (Lipinski definition) is 4.